The van der Waals surface area contributed by atoms with Crippen LogP contribution in [-0.4, -0.2) is 50.1 Å². The highest BCUT2D eigenvalue weighted by Crippen LogP contribution is 2.27. The van der Waals surface area contributed by atoms with Gasteiger partial charge in [-0.25, -0.2) is 4.68 Å². The molecule has 0 bridgehead atoms. The summed E-state index contributed by atoms with van der Waals surface area (Å²) < 4.78 is 1.77. The van der Waals surface area contributed by atoms with Crippen molar-refractivity contribution in [3.8, 4) is 0 Å². The maximum Gasteiger partial charge on any atom is 0.237 e. The lowest BCUT2D eigenvalue weighted by Crippen LogP contribution is -2.43. The van der Waals surface area contributed by atoms with E-state index in [2.05, 4.69) is 50.0 Å². The molecule has 0 saturated carbocycles. The van der Waals surface area contributed by atoms with Crippen molar-refractivity contribution in [3.63, 3.8) is 0 Å². The molecule has 3 aromatic rings. The molecule has 1 saturated heterocycles. The van der Waals surface area contributed by atoms with Gasteiger partial charge in [0.2, 0.25) is 5.91 Å². The van der Waals surface area contributed by atoms with E-state index >= 15 is 0 Å². The second-order valence-corrected chi connectivity index (χ2v) is 8.11. The first-order valence-corrected chi connectivity index (χ1v) is 10.5. The van der Waals surface area contributed by atoms with Crippen molar-refractivity contribution in [1.29, 1.82) is 0 Å². The quantitative estimate of drug-likeness (QED) is 0.632. The summed E-state index contributed by atoms with van der Waals surface area (Å²) >= 11 is 1.66. The zero-order valence-corrected chi connectivity index (χ0v) is 16.5. The Balaban J connectivity index is 1.37. The molecular weight excluding hydrogens is 372 g/mol. The first-order chi connectivity index (χ1) is 13.8. The fourth-order valence-electron chi connectivity index (χ4n) is 3.76. The van der Waals surface area contributed by atoms with Crippen LogP contribution in [0.5, 0.6) is 0 Å². The molecule has 4 rings (SSSR count). The first kappa shape index (κ1) is 18.8. The number of amides is 1. The van der Waals surface area contributed by atoms with Crippen LogP contribution < -0.4 is 5.32 Å². The summed E-state index contributed by atoms with van der Waals surface area (Å²) in [7, 11) is 0. The Morgan fingerprint density at radius 2 is 2.11 bits per heavy atom. The molecule has 2 atom stereocenters. The van der Waals surface area contributed by atoms with Crippen molar-refractivity contribution in [3.05, 3.63) is 64.6 Å². The summed E-state index contributed by atoms with van der Waals surface area (Å²) in [5, 5.41) is 16.7. The van der Waals surface area contributed by atoms with Crippen molar-refractivity contribution in [2.75, 3.05) is 13.1 Å². The maximum absolute atomic E-state index is 12.9. The predicted molar refractivity (Wildman–Crippen MR) is 108 cm³/mol. The lowest BCUT2D eigenvalue weighted by Gasteiger charge is -2.23. The zero-order valence-electron chi connectivity index (χ0n) is 15.6. The number of likely N-dealkylation sites (tertiary alicyclic amines) is 1. The highest BCUT2D eigenvalue weighted by molar-refractivity contribution is 7.09. The van der Waals surface area contributed by atoms with Gasteiger partial charge in [0.25, 0.3) is 0 Å². The summed E-state index contributed by atoms with van der Waals surface area (Å²) in [6.07, 6.45) is 4.39. The highest BCUT2D eigenvalue weighted by Gasteiger charge is 2.37. The summed E-state index contributed by atoms with van der Waals surface area (Å²) in [5.74, 6) is 0.0867. The molecule has 0 aliphatic carbocycles. The van der Waals surface area contributed by atoms with Gasteiger partial charge in [-0.3, -0.25) is 9.69 Å². The molecular formula is C20H24N6OS. The Bertz CT molecular complexity index is 852. The van der Waals surface area contributed by atoms with Gasteiger partial charge in [-0.2, -0.15) is 0 Å². The molecule has 2 aromatic heterocycles. The lowest BCUT2D eigenvalue weighted by molar-refractivity contribution is -0.125. The molecule has 8 heteroatoms. The van der Waals surface area contributed by atoms with E-state index in [1.54, 1.807) is 22.3 Å². The molecule has 146 valence electrons. The largest absolute Gasteiger partial charge is 0.350 e. The number of thiophene rings is 1. The second-order valence-electron chi connectivity index (χ2n) is 7.08. The molecule has 28 heavy (non-hydrogen) atoms. The van der Waals surface area contributed by atoms with E-state index in [1.165, 1.54) is 10.4 Å². The van der Waals surface area contributed by atoms with Gasteiger partial charge in [0.15, 0.2) is 0 Å². The monoisotopic (exact) mass is 396 g/mol. The number of aromatic nitrogens is 4. The normalized spacial score (nSPS) is 19.7. The van der Waals surface area contributed by atoms with Gasteiger partial charge in [0.1, 0.15) is 6.33 Å². The van der Waals surface area contributed by atoms with Crippen molar-refractivity contribution in [2.45, 2.75) is 37.9 Å². The van der Waals surface area contributed by atoms with Gasteiger partial charge in [-0.05, 0) is 53.2 Å². The Kier molecular flexibility index (Phi) is 6.08. The van der Waals surface area contributed by atoms with E-state index < -0.39 is 0 Å². The fourth-order valence-corrected chi connectivity index (χ4v) is 4.41. The summed E-state index contributed by atoms with van der Waals surface area (Å²) in [6, 6.07) is 14.5. The van der Waals surface area contributed by atoms with Gasteiger partial charge >= 0.3 is 0 Å². The number of carbonyl (C=O) groups excluding carboxylic acids is 1. The second kappa shape index (κ2) is 9.07. The number of nitrogens with zero attached hydrogens (tertiary/aromatic N) is 5. The van der Waals surface area contributed by atoms with Gasteiger partial charge in [0, 0.05) is 11.4 Å². The number of hydrogen-bond acceptors (Lipinski definition) is 6. The van der Waals surface area contributed by atoms with Gasteiger partial charge in [-0.1, -0.05) is 36.4 Å². The van der Waals surface area contributed by atoms with Crippen LogP contribution in [0.1, 0.15) is 29.3 Å². The maximum atomic E-state index is 12.9. The van der Waals surface area contributed by atoms with E-state index in [1.807, 2.05) is 23.6 Å². The van der Waals surface area contributed by atoms with Crippen molar-refractivity contribution < 1.29 is 4.79 Å². The number of benzene rings is 1. The molecule has 1 aliphatic heterocycles. The molecule has 0 unspecified atom stereocenters. The molecule has 1 N–H and O–H groups in total. The standard InChI is InChI=1S/C20H24N6OS/c27-20(21-13-18-9-5-11-28-18)19-12-17(26-15-22-23-24-26)14-25(19)10-4-8-16-6-2-1-3-7-16/h1-3,5-7,9,11,15,17,19H,4,8,10,12-14H2,(H,21,27)/t17-,19-/m0/s1. The molecule has 1 amide bonds. The average Bonchev–Trinajstić information content (AvgIpc) is 3.48. The third kappa shape index (κ3) is 4.63. The van der Waals surface area contributed by atoms with E-state index in [0.717, 1.165) is 32.4 Å². The lowest BCUT2D eigenvalue weighted by atomic mass is 10.1. The van der Waals surface area contributed by atoms with Gasteiger partial charge in [-0.15, -0.1) is 16.4 Å². The van der Waals surface area contributed by atoms with E-state index in [9.17, 15) is 4.79 Å². The Hall–Kier alpha value is -2.58. The summed E-state index contributed by atoms with van der Waals surface area (Å²) in [4.78, 5) is 16.3. The van der Waals surface area contributed by atoms with Gasteiger partial charge in [0.05, 0.1) is 18.6 Å². The Labute approximate surface area is 168 Å². The minimum atomic E-state index is -0.148. The molecule has 0 spiro atoms. The van der Waals surface area contributed by atoms with Crippen LogP contribution in [-0.2, 0) is 17.8 Å². The van der Waals surface area contributed by atoms with E-state index in [-0.39, 0.29) is 18.0 Å². The minimum Gasteiger partial charge on any atom is -0.350 e. The van der Waals surface area contributed by atoms with Crippen LogP contribution in [0, 0.1) is 0 Å². The minimum absolute atomic E-state index is 0.0867. The Morgan fingerprint density at radius 1 is 1.21 bits per heavy atom. The molecule has 7 nitrogen and oxygen atoms in total. The fraction of sp³-hybridized carbons (Fsp3) is 0.400. The zero-order chi connectivity index (χ0) is 19.2. The topological polar surface area (TPSA) is 75.9 Å². The summed E-state index contributed by atoms with van der Waals surface area (Å²) in [5.41, 5.74) is 1.33. The molecule has 1 aliphatic rings. The average molecular weight is 397 g/mol. The highest BCUT2D eigenvalue weighted by atomic mass is 32.1. The van der Waals surface area contributed by atoms with Crippen LogP contribution in [0.2, 0.25) is 0 Å². The first-order valence-electron chi connectivity index (χ1n) is 9.60. The third-order valence-corrected chi connectivity index (χ3v) is 6.07. The van der Waals surface area contributed by atoms with E-state index in [4.69, 9.17) is 0 Å². The molecule has 3 heterocycles. The number of hydrogen-bond donors (Lipinski definition) is 1. The third-order valence-electron chi connectivity index (χ3n) is 5.19. The molecule has 1 fully saturated rings. The number of rotatable bonds is 8. The number of carbonyl (C=O) groups is 1. The number of nitrogens with one attached hydrogen (secondary N) is 1. The molecule has 1 aromatic carbocycles. The van der Waals surface area contributed by atoms with Gasteiger partial charge < -0.3 is 5.32 Å². The SMILES string of the molecule is O=C(NCc1cccs1)[C@@H]1C[C@H](n2cnnn2)CN1CCCc1ccccc1. The van der Waals surface area contributed by atoms with Crippen LogP contribution in [0.25, 0.3) is 0 Å². The smallest absolute Gasteiger partial charge is 0.237 e. The van der Waals surface area contributed by atoms with Crippen molar-refractivity contribution in [1.82, 2.24) is 30.4 Å². The predicted octanol–water partition coefficient (Wildman–Crippen LogP) is 2.30. The molecule has 0 radical (unpaired) electrons. The Morgan fingerprint density at radius 3 is 2.86 bits per heavy atom. The van der Waals surface area contributed by atoms with Crippen molar-refractivity contribution >= 4 is 17.2 Å². The summed E-state index contributed by atoms with van der Waals surface area (Å²) in [6.45, 7) is 2.25. The van der Waals surface area contributed by atoms with Crippen LogP contribution >= 0.6 is 11.3 Å². The van der Waals surface area contributed by atoms with Crippen LogP contribution in [0.4, 0.5) is 0 Å². The van der Waals surface area contributed by atoms with Crippen LogP contribution in [0.15, 0.2) is 54.2 Å². The van der Waals surface area contributed by atoms with Crippen molar-refractivity contribution in [2.24, 2.45) is 0 Å². The number of tetrazole rings is 1. The number of aryl methyl sites for hydroxylation is 1. The van der Waals surface area contributed by atoms with E-state index in [0.29, 0.717) is 6.54 Å². The van der Waals surface area contributed by atoms with Crippen LogP contribution in [0.3, 0.4) is 0 Å².